The van der Waals surface area contributed by atoms with Gasteiger partial charge in [0.2, 0.25) is 5.91 Å². The lowest BCUT2D eigenvalue weighted by Crippen LogP contribution is -2.34. The first-order chi connectivity index (χ1) is 18.8. The van der Waals surface area contributed by atoms with Gasteiger partial charge in [0.15, 0.2) is 11.6 Å². The van der Waals surface area contributed by atoms with E-state index in [0.29, 0.717) is 24.2 Å². The van der Waals surface area contributed by atoms with E-state index in [2.05, 4.69) is 22.2 Å². The van der Waals surface area contributed by atoms with Crippen LogP contribution in [0, 0.1) is 17.0 Å². The fraction of sp³-hybridized carbons (Fsp3) is 0.194. The van der Waals surface area contributed by atoms with E-state index in [0.717, 1.165) is 34.2 Å². The monoisotopic (exact) mass is 524 g/mol. The number of aromatic nitrogens is 1. The molecule has 1 aromatic heterocycles. The minimum atomic E-state index is -0.920. The summed E-state index contributed by atoms with van der Waals surface area (Å²) in [6.45, 7) is 5.92. The van der Waals surface area contributed by atoms with Crippen molar-refractivity contribution in [2.24, 2.45) is 5.41 Å². The number of carbonyl (C=O) groups excluding carboxylic acids is 2. The molecule has 2 aliphatic heterocycles. The van der Waals surface area contributed by atoms with E-state index in [4.69, 9.17) is 0 Å². The Hall–Kier alpha value is -4.59. The van der Waals surface area contributed by atoms with E-state index < -0.39 is 17.0 Å². The number of rotatable bonds is 5. The quantitative estimate of drug-likeness (QED) is 0.430. The van der Waals surface area contributed by atoms with Crippen molar-refractivity contribution >= 4 is 28.9 Å². The normalized spacial score (nSPS) is 19.6. The fourth-order valence-electron chi connectivity index (χ4n) is 5.95. The van der Waals surface area contributed by atoms with E-state index >= 15 is 0 Å². The fourth-order valence-corrected chi connectivity index (χ4v) is 5.95. The van der Waals surface area contributed by atoms with Gasteiger partial charge in [0.25, 0.3) is 5.91 Å². The zero-order valence-corrected chi connectivity index (χ0v) is 21.4. The first-order valence-corrected chi connectivity index (χ1v) is 12.8. The highest BCUT2D eigenvalue weighted by Crippen LogP contribution is 2.48. The topological polar surface area (TPSA) is 74.3 Å². The van der Waals surface area contributed by atoms with Gasteiger partial charge in [-0.05, 0) is 79.3 Å². The molecule has 0 radical (unpaired) electrons. The van der Waals surface area contributed by atoms with E-state index in [9.17, 15) is 18.4 Å². The number of pyridine rings is 1. The molecule has 0 saturated carbocycles. The molecular weight excluding hydrogens is 498 g/mol. The van der Waals surface area contributed by atoms with Crippen LogP contribution in [0.5, 0.6) is 0 Å². The maximum absolute atomic E-state index is 14.2. The number of nitrogens with one attached hydrogen (secondary N) is 2. The second-order valence-corrected chi connectivity index (χ2v) is 10.1. The molecule has 6 rings (SSSR count). The van der Waals surface area contributed by atoms with Gasteiger partial charge in [-0.1, -0.05) is 30.9 Å². The number of hydrogen-bond donors (Lipinski definition) is 2. The number of hydrogen-bond acceptors (Lipinski definition) is 4. The van der Waals surface area contributed by atoms with Crippen molar-refractivity contribution in [3.63, 3.8) is 0 Å². The van der Waals surface area contributed by atoms with Crippen molar-refractivity contribution in [3.05, 3.63) is 119 Å². The lowest BCUT2D eigenvalue weighted by atomic mass is 9.78. The first-order valence-electron chi connectivity index (χ1n) is 12.8. The third-order valence-corrected chi connectivity index (χ3v) is 7.81. The lowest BCUT2D eigenvalue weighted by Gasteiger charge is -2.22. The van der Waals surface area contributed by atoms with Gasteiger partial charge in [0.1, 0.15) is 5.69 Å². The second-order valence-electron chi connectivity index (χ2n) is 10.1. The largest absolute Gasteiger partial charge is 0.355 e. The van der Waals surface area contributed by atoms with Crippen LogP contribution >= 0.6 is 0 Å². The van der Waals surface area contributed by atoms with Crippen LogP contribution < -0.4 is 15.5 Å². The summed E-state index contributed by atoms with van der Waals surface area (Å²) in [5, 5.41) is 6.35. The number of anilines is 3. The van der Waals surface area contributed by atoms with Crippen LogP contribution in [0.25, 0.3) is 0 Å². The maximum atomic E-state index is 14.2. The highest BCUT2D eigenvalue weighted by molar-refractivity contribution is 6.06. The number of nitrogens with zero attached hydrogens (tertiary/aromatic N) is 2. The lowest BCUT2D eigenvalue weighted by molar-refractivity contribution is -0.126. The van der Waals surface area contributed by atoms with Crippen molar-refractivity contribution in [2.75, 3.05) is 16.8 Å². The van der Waals surface area contributed by atoms with E-state index in [1.807, 2.05) is 37.3 Å². The zero-order chi connectivity index (χ0) is 27.3. The molecular formula is C31H26F2N4O2. The summed E-state index contributed by atoms with van der Waals surface area (Å²) in [7, 11) is 0. The molecule has 0 saturated heterocycles. The number of amides is 2. The van der Waals surface area contributed by atoms with Gasteiger partial charge in [0, 0.05) is 35.4 Å². The molecule has 0 bridgehead atoms. The van der Waals surface area contributed by atoms with Crippen molar-refractivity contribution in [3.8, 4) is 0 Å². The van der Waals surface area contributed by atoms with Crippen LogP contribution in [0.2, 0.25) is 0 Å². The van der Waals surface area contributed by atoms with E-state index in [-0.39, 0.29) is 36.0 Å². The molecule has 0 fully saturated rings. The number of benzene rings is 2. The van der Waals surface area contributed by atoms with Gasteiger partial charge < -0.3 is 15.5 Å². The van der Waals surface area contributed by atoms with Crippen LogP contribution in [-0.2, 0) is 24.1 Å². The number of allylic oxidation sites excluding steroid dienone is 4. The molecule has 3 aromatic rings. The molecule has 2 N–H and O–H groups in total. The molecule has 1 spiro atoms. The molecule has 39 heavy (non-hydrogen) atoms. The molecule has 3 aliphatic rings. The van der Waals surface area contributed by atoms with E-state index in [1.165, 1.54) is 17.2 Å². The van der Waals surface area contributed by atoms with Crippen LogP contribution in [0.15, 0.2) is 84.7 Å². The minimum Gasteiger partial charge on any atom is -0.355 e. The number of fused-ring (bicyclic) bond motifs is 2. The predicted octanol–water partition coefficient (Wildman–Crippen LogP) is 5.54. The van der Waals surface area contributed by atoms with Crippen LogP contribution in [-0.4, -0.2) is 23.3 Å². The van der Waals surface area contributed by atoms with Crippen molar-refractivity contribution < 1.29 is 18.4 Å². The second kappa shape index (κ2) is 9.31. The number of halogens is 2. The molecule has 1 unspecified atom stereocenters. The first kappa shape index (κ1) is 24.7. The summed E-state index contributed by atoms with van der Waals surface area (Å²) >= 11 is 0. The molecule has 196 valence electrons. The number of carbonyl (C=O) groups is 2. The molecule has 6 nitrogen and oxygen atoms in total. The van der Waals surface area contributed by atoms with Gasteiger partial charge in [-0.3, -0.25) is 14.6 Å². The van der Waals surface area contributed by atoms with Gasteiger partial charge in [-0.2, -0.15) is 0 Å². The molecule has 8 heteroatoms. The van der Waals surface area contributed by atoms with Crippen LogP contribution in [0.3, 0.4) is 0 Å². The average molecular weight is 525 g/mol. The predicted molar refractivity (Wildman–Crippen MR) is 146 cm³/mol. The van der Waals surface area contributed by atoms with Crippen molar-refractivity contribution in [2.45, 2.75) is 26.2 Å². The summed E-state index contributed by atoms with van der Waals surface area (Å²) in [6.07, 6.45) is 8.52. The molecule has 1 atom stereocenters. The van der Waals surface area contributed by atoms with Crippen molar-refractivity contribution in [1.29, 1.82) is 0 Å². The highest BCUT2D eigenvalue weighted by Gasteiger charge is 2.50. The molecule has 2 amide bonds. The Kier molecular flexibility index (Phi) is 5.90. The third-order valence-electron chi connectivity index (χ3n) is 7.81. The Bertz CT molecular complexity index is 1630. The molecule has 1 aliphatic carbocycles. The summed E-state index contributed by atoms with van der Waals surface area (Å²) in [4.78, 5) is 31.9. The van der Waals surface area contributed by atoms with E-state index in [1.54, 1.807) is 18.2 Å². The molecule has 3 heterocycles. The summed E-state index contributed by atoms with van der Waals surface area (Å²) in [6, 6.07) is 11.9. The SMILES string of the molecule is C=C/C=C\C1=C(C)NC(=O)C12Cc1ccc(Nc3ccnc(C(=O)N4CCc5c4ccc(F)c5F)c3)cc1C2. The Morgan fingerprint density at radius 1 is 1.13 bits per heavy atom. The Morgan fingerprint density at radius 3 is 2.74 bits per heavy atom. The smallest absolute Gasteiger partial charge is 0.276 e. The van der Waals surface area contributed by atoms with Gasteiger partial charge in [-0.25, -0.2) is 8.78 Å². The van der Waals surface area contributed by atoms with Crippen LogP contribution in [0.4, 0.5) is 25.8 Å². The minimum absolute atomic E-state index is 0.0119. The van der Waals surface area contributed by atoms with Crippen molar-refractivity contribution in [1.82, 2.24) is 10.3 Å². The zero-order valence-electron chi connectivity index (χ0n) is 21.4. The maximum Gasteiger partial charge on any atom is 0.276 e. The Labute approximate surface area is 224 Å². The summed E-state index contributed by atoms with van der Waals surface area (Å²) < 4.78 is 27.8. The standard InChI is InChI=1S/C31H26F2N4O2/c1-3-4-5-24-18(2)35-30(39)31(24)16-19-6-7-21(14-20(19)17-31)36-22-10-12-34-26(15-22)29(38)37-13-11-23-27(37)9-8-25(32)28(23)33/h3-10,12,14-15H,1,11,13,16-17H2,2H3,(H,34,36)(H,35,39)/b5-4-. The summed E-state index contributed by atoms with van der Waals surface area (Å²) in [5.74, 6) is -2.20. The average Bonchev–Trinajstić information content (AvgIpc) is 3.59. The third kappa shape index (κ3) is 4.03. The van der Waals surface area contributed by atoms with Gasteiger partial charge in [-0.15, -0.1) is 0 Å². The van der Waals surface area contributed by atoms with Gasteiger partial charge in [0.05, 0.1) is 11.1 Å². The van der Waals surface area contributed by atoms with Gasteiger partial charge >= 0.3 is 0 Å². The Morgan fingerprint density at radius 2 is 1.92 bits per heavy atom. The highest BCUT2D eigenvalue weighted by atomic mass is 19.2. The van der Waals surface area contributed by atoms with Crippen LogP contribution in [0.1, 0.15) is 34.1 Å². The Balaban J connectivity index is 1.23. The molecule has 2 aromatic carbocycles. The summed E-state index contributed by atoms with van der Waals surface area (Å²) in [5.41, 5.74) is 5.69.